The molecular weight excluding hydrogens is 385 g/mol. The summed E-state index contributed by atoms with van der Waals surface area (Å²) >= 11 is 0. The van der Waals surface area contributed by atoms with Gasteiger partial charge in [-0.25, -0.2) is 4.57 Å². The Kier molecular flexibility index (Phi) is 15.1. The molecule has 2 atom stereocenters. The van der Waals surface area contributed by atoms with Crippen molar-refractivity contribution < 1.29 is 37.3 Å². The largest absolute Gasteiger partial charge is 0.474 e. The van der Waals surface area contributed by atoms with E-state index in [1.807, 2.05) is 21.1 Å². The Morgan fingerprint density at radius 3 is 2.18 bits per heavy atom. The average Bonchev–Trinajstić information content (AvgIpc) is 2.63. The van der Waals surface area contributed by atoms with E-state index in [1.165, 1.54) is 32.8 Å². The second-order valence-corrected chi connectivity index (χ2v) is 9.76. The number of hydrogen-bond donors (Lipinski definition) is 1. The quantitative estimate of drug-likeness (QED) is 0.155. The van der Waals surface area contributed by atoms with E-state index in [9.17, 15) is 14.5 Å². The second-order valence-electron chi connectivity index (χ2n) is 7.98. The number of hydrogen-bond acceptors (Lipinski definition) is 7. The Morgan fingerprint density at radius 2 is 1.61 bits per heavy atom. The topological polar surface area (TPSA) is 91.3 Å². The molecule has 0 aromatic carbocycles. The van der Waals surface area contributed by atoms with Crippen LogP contribution < -0.4 is 0 Å². The first kappa shape index (κ1) is 27.5. The van der Waals surface area contributed by atoms with Gasteiger partial charge in [-0.2, -0.15) is 0 Å². The Bertz CT molecular complexity index is 454. The summed E-state index contributed by atoms with van der Waals surface area (Å²) in [6.45, 7) is 2.48. The average molecular weight is 427 g/mol. The van der Waals surface area contributed by atoms with Crippen LogP contribution in [0.5, 0.6) is 0 Å². The summed E-state index contributed by atoms with van der Waals surface area (Å²) in [6.07, 6.45) is 7.11. The molecule has 8 nitrogen and oxygen atoms in total. The van der Waals surface area contributed by atoms with Crippen molar-refractivity contribution >= 4 is 13.8 Å². The van der Waals surface area contributed by atoms with Crippen molar-refractivity contribution in [2.75, 3.05) is 54.6 Å². The first-order chi connectivity index (χ1) is 13.1. The van der Waals surface area contributed by atoms with Gasteiger partial charge in [0.2, 0.25) is 0 Å². The molecule has 1 unspecified atom stereocenters. The van der Waals surface area contributed by atoms with Gasteiger partial charge in [0.25, 0.3) is 0 Å². The van der Waals surface area contributed by atoms with Gasteiger partial charge in [0, 0.05) is 13.5 Å². The van der Waals surface area contributed by atoms with Crippen molar-refractivity contribution in [3.8, 4) is 0 Å². The highest BCUT2D eigenvalue weighted by molar-refractivity contribution is 7.48. The first-order valence-corrected chi connectivity index (χ1v) is 11.7. The molecule has 0 fully saturated rings. The number of likely N-dealkylation sites (N-methyl/N-ethyl adjacent to an activating group) is 1. The lowest BCUT2D eigenvalue weighted by Crippen LogP contribution is -2.37. The van der Waals surface area contributed by atoms with Crippen LogP contribution in [0, 0.1) is 0 Å². The van der Waals surface area contributed by atoms with Crippen molar-refractivity contribution in [1.29, 1.82) is 0 Å². The molecule has 0 spiro atoms. The van der Waals surface area contributed by atoms with Crippen LogP contribution in [0.4, 0.5) is 0 Å². The standard InChI is InChI=1S/C19H41NO7P/c1-6-7-8-9-10-11-12-13-19(22)25-16-18(21)17-27-28(23,24-5)26-15-14-20(2,3)4/h18,21H,6-17H2,1-5H3/q+1/t18-,28?/m1/s1. The van der Waals surface area contributed by atoms with Gasteiger partial charge in [0.05, 0.1) is 27.7 Å². The number of carbonyl (C=O) groups is 1. The SMILES string of the molecule is CCCCCCCCCC(=O)OC[C@@H](O)COP(=O)(OC)OCC[N+](C)(C)C. The number of phosphoric ester groups is 1. The van der Waals surface area contributed by atoms with Crippen LogP contribution in [-0.2, 0) is 27.7 Å². The number of unbranched alkanes of at least 4 members (excludes halogenated alkanes) is 6. The van der Waals surface area contributed by atoms with Crippen LogP contribution in [0.25, 0.3) is 0 Å². The molecule has 0 aliphatic heterocycles. The Morgan fingerprint density at radius 1 is 1.00 bits per heavy atom. The summed E-state index contributed by atoms with van der Waals surface area (Å²) in [4.78, 5) is 11.7. The molecule has 0 saturated carbocycles. The number of phosphoric acid groups is 1. The number of aliphatic hydroxyl groups excluding tert-OH is 1. The lowest BCUT2D eigenvalue weighted by atomic mass is 10.1. The van der Waals surface area contributed by atoms with Crippen molar-refractivity contribution in [1.82, 2.24) is 0 Å². The third-order valence-corrected chi connectivity index (χ3v) is 5.49. The molecule has 0 rings (SSSR count). The predicted octanol–water partition coefficient (Wildman–Crippen LogP) is 3.53. The zero-order valence-corrected chi connectivity index (χ0v) is 19.2. The van der Waals surface area contributed by atoms with Crippen molar-refractivity contribution in [2.24, 2.45) is 0 Å². The fraction of sp³-hybridized carbons (Fsp3) is 0.947. The summed E-state index contributed by atoms with van der Waals surface area (Å²) < 4.78 is 33.1. The summed E-state index contributed by atoms with van der Waals surface area (Å²) in [5.74, 6) is -0.346. The van der Waals surface area contributed by atoms with Gasteiger partial charge in [-0.3, -0.25) is 18.4 Å². The van der Waals surface area contributed by atoms with Gasteiger partial charge >= 0.3 is 13.8 Å². The van der Waals surface area contributed by atoms with Gasteiger partial charge in [0.1, 0.15) is 25.9 Å². The van der Waals surface area contributed by atoms with Crippen LogP contribution >= 0.6 is 7.82 Å². The van der Waals surface area contributed by atoms with E-state index in [4.69, 9.17) is 18.3 Å². The molecular formula is C19H41NO7P+. The molecule has 0 heterocycles. The van der Waals surface area contributed by atoms with Gasteiger partial charge < -0.3 is 14.3 Å². The van der Waals surface area contributed by atoms with Crippen LogP contribution in [0.2, 0.25) is 0 Å². The fourth-order valence-electron chi connectivity index (χ4n) is 2.28. The number of aliphatic hydroxyl groups is 1. The molecule has 0 aliphatic carbocycles. The maximum atomic E-state index is 12.3. The number of rotatable bonds is 18. The van der Waals surface area contributed by atoms with E-state index in [2.05, 4.69) is 6.92 Å². The van der Waals surface area contributed by atoms with E-state index in [0.717, 1.165) is 19.3 Å². The Labute approximate surface area is 170 Å². The Hall–Kier alpha value is -0.500. The highest BCUT2D eigenvalue weighted by Gasteiger charge is 2.27. The minimum atomic E-state index is -3.73. The highest BCUT2D eigenvalue weighted by atomic mass is 31.2. The third-order valence-electron chi connectivity index (χ3n) is 4.08. The van der Waals surface area contributed by atoms with E-state index < -0.39 is 13.9 Å². The van der Waals surface area contributed by atoms with Gasteiger partial charge in [-0.05, 0) is 6.42 Å². The van der Waals surface area contributed by atoms with Crippen molar-refractivity contribution in [3.63, 3.8) is 0 Å². The first-order valence-electron chi connectivity index (χ1n) is 10.2. The summed E-state index contributed by atoms with van der Waals surface area (Å²) in [6, 6.07) is 0. The second kappa shape index (κ2) is 15.4. The monoisotopic (exact) mass is 426 g/mol. The lowest BCUT2D eigenvalue weighted by molar-refractivity contribution is -0.870. The third kappa shape index (κ3) is 16.5. The molecule has 0 aliphatic rings. The van der Waals surface area contributed by atoms with Crippen LogP contribution in [0.15, 0.2) is 0 Å². The number of carbonyl (C=O) groups excluding carboxylic acids is 1. The predicted molar refractivity (Wildman–Crippen MR) is 109 cm³/mol. The number of esters is 1. The van der Waals surface area contributed by atoms with Gasteiger partial charge in [-0.15, -0.1) is 0 Å². The van der Waals surface area contributed by atoms with E-state index in [1.54, 1.807) is 0 Å². The number of ether oxygens (including phenoxy) is 1. The molecule has 9 heteroatoms. The van der Waals surface area contributed by atoms with E-state index in [-0.39, 0.29) is 25.8 Å². The minimum absolute atomic E-state index is 0.193. The molecule has 0 saturated heterocycles. The maximum Gasteiger partial charge on any atom is 0.474 e. The molecule has 0 amide bonds. The van der Waals surface area contributed by atoms with E-state index >= 15 is 0 Å². The summed E-state index contributed by atoms with van der Waals surface area (Å²) in [5.41, 5.74) is 0. The summed E-state index contributed by atoms with van der Waals surface area (Å²) in [5, 5.41) is 9.87. The molecule has 0 aromatic heterocycles. The molecule has 0 aromatic rings. The fourth-order valence-corrected chi connectivity index (χ4v) is 3.23. The Balaban J connectivity index is 3.89. The normalized spacial score (nSPS) is 15.2. The molecule has 0 radical (unpaired) electrons. The van der Waals surface area contributed by atoms with Gasteiger partial charge in [-0.1, -0.05) is 45.4 Å². The summed E-state index contributed by atoms with van der Waals surface area (Å²) in [7, 11) is 3.43. The molecule has 1 N–H and O–H groups in total. The molecule has 168 valence electrons. The van der Waals surface area contributed by atoms with Crippen molar-refractivity contribution in [3.05, 3.63) is 0 Å². The molecule has 0 bridgehead atoms. The van der Waals surface area contributed by atoms with Crippen LogP contribution in [0.1, 0.15) is 58.3 Å². The van der Waals surface area contributed by atoms with Crippen LogP contribution in [-0.4, -0.2) is 76.3 Å². The van der Waals surface area contributed by atoms with Crippen LogP contribution in [0.3, 0.4) is 0 Å². The molecule has 28 heavy (non-hydrogen) atoms. The van der Waals surface area contributed by atoms with E-state index in [0.29, 0.717) is 17.4 Å². The maximum absolute atomic E-state index is 12.3. The zero-order valence-electron chi connectivity index (χ0n) is 18.4. The smallest absolute Gasteiger partial charge is 0.463 e. The zero-order chi connectivity index (χ0) is 21.5. The number of quaternary nitrogens is 1. The highest BCUT2D eigenvalue weighted by Crippen LogP contribution is 2.48. The minimum Gasteiger partial charge on any atom is -0.463 e. The number of nitrogens with zero attached hydrogens (tertiary/aromatic N) is 1. The lowest BCUT2D eigenvalue weighted by Gasteiger charge is -2.24. The van der Waals surface area contributed by atoms with Crippen molar-refractivity contribution in [2.45, 2.75) is 64.4 Å². The van der Waals surface area contributed by atoms with Gasteiger partial charge in [0.15, 0.2) is 0 Å².